The Hall–Kier alpha value is -2.35. The third-order valence-electron chi connectivity index (χ3n) is 2.72. The van der Waals surface area contributed by atoms with Gasteiger partial charge in [-0.15, -0.1) is 6.58 Å². The average molecular weight is 326 g/mol. The molecule has 1 aromatic rings. The van der Waals surface area contributed by atoms with Gasteiger partial charge in [-0.2, -0.15) is 0 Å². The normalized spacial score (nSPS) is 10.7. The minimum atomic E-state index is -3.22. The highest BCUT2D eigenvalue weighted by Crippen LogP contribution is 2.04. The molecule has 3 N–H and O–H groups in total. The Morgan fingerprint density at radius 1 is 1.18 bits per heavy atom. The quantitative estimate of drug-likeness (QED) is 0.611. The van der Waals surface area contributed by atoms with Crippen molar-refractivity contribution in [3.8, 4) is 0 Å². The lowest BCUT2D eigenvalue weighted by Crippen LogP contribution is -2.37. The molecule has 0 fully saturated rings. The monoisotopic (exact) mass is 326 g/mol. The zero-order chi connectivity index (χ0) is 16.6. The van der Waals surface area contributed by atoms with Crippen LogP contribution in [0.1, 0.15) is 15.9 Å². The van der Waals surface area contributed by atoms with Gasteiger partial charge in [-0.25, -0.2) is 18.0 Å². The van der Waals surface area contributed by atoms with Crippen LogP contribution in [0.2, 0.25) is 0 Å². The summed E-state index contributed by atoms with van der Waals surface area (Å²) in [6.45, 7) is 3.58. The lowest BCUT2D eigenvalue weighted by molar-refractivity contribution is 0.0697. The number of carbonyl (C=O) groups is 2. The standard InChI is InChI=1S/C14H18N2O5S/c1-2-8-22(20,21)9-7-15-14(19)16-10-11-3-5-12(6-4-11)13(17)18/h2-6H,1,7-10H2,(H,17,18)(H2,15,16,19). The molecule has 8 heteroatoms. The van der Waals surface area contributed by atoms with Gasteiger partial charge in [-0.1, -0.05) is 18.2 Å². The molecule has 0 bridgehead atoms. The molecule has 0 unspecified atom stereocenters. The Bertz CT molecular complexity index is 638. The molecule has 1 aromatic carbocycles. The minimum absolute atomic E-state index is 0.0138. The van der Waals surface area contributed by atoms with Crippen molar-refractivity contribution in [2.75, 3.05) is 18.1 Å². The zero-order valence-corrected chi connectivity index (χ0v) is 12.7. The summed E-state index contributed by atoms with van der Waals surface area (Å²) >= 11 is 0. The summed E-state index contributed by atoms with van der Waals surface area (Å²) < 4.78 is 22.8. The van der Waals surface area contributed by atoms with Crippen LogP contribution in [0.3, 0.4) is 0 Å². The second kappa shape index (κ2) is 8.18. The molecule has 1 rings (SSSR count). The molecule has 0 saturated heterocycles. The number of hydrogen-bond acceptors (Lipinski definition) is 4. The van der Waals surface area contributed by atoms with Crippen molar-refractivity contribution >= 4 is 21.8 Å². The van der Waals surface area contributed by atoms with Crippen LogP contribution in [0.25, 0.3) is 0 Å². The third-order valence-corrected chi connectivity index (χ3v) is 4.29. The van der Waals surface area contributed by atoms with Crippen LogP contribution >= 0.6 is 0 Å². The highest BCUT2D eigenvalue weighted by Gasteiger charge is 2.09. The summed E-state index contributed by atoms with van der Waals surface area (Å²) in [5.74, 6) is -1.29. The van der Waals surface area contributed by atoms with Crippen LogP contribution in [0.15, 0.2) is 36.9 Å². The summed E-state index contributed by atoms with van der Waals surface area (Å²) in [5, 5.41) is 13.8. The fourth-order valence-corrected chi connectivity index (χ4v) is 2.53. The van der Waals surface area contributed by atoms with Crippen LogP contribution in [-0.4, -0.2) is 43.6 Å². The van der Waals surface area contributed by atoms with E-state index in [0.29, 0.717) is 0 Å². The van der Waals surface area contributed by atoms with Crippen molar-refractivity contribution in [2.24, 2.45) is 0 Å². The van der Waals surface area contributed by atoms with E-state index in [1.807, 2.05) is 0 Å². The van der Waals surface area contributed by atoms with Gasteiger partial charge in [-0.05, 0) is 17.7 Å². The molecule has 2 amide bonds. The van der Waals surface area contributed by atoms with Gasteiger partial charge in [0.25, 0.3) is 0 Å². The van der Waals surface area contributed by atoms with E-state index in [9.17, 15) is 18.0 Å². The van der Waals surface area contributed by atoms with Crippen molar-refractivity contribution in [2.45, 2.75) is 6.54 Å². The first-order valence-corrected chi connectivity index (χ1v) is 8.31. The molecule has 7 nitrogen and oxygen atoms in total. The first kappa shape index (κ1) is 17.7. The maximum absolute atomic E-state index is 11.5. The average Bonchev–Trinajstić information content (AvgIpc) is 2.45. The first-order valence-electron chi connectivity index (χ1n) is 6.49. The van der Waals surface area contributed by atoms with Gasteiger partial charge in [0.1, 0.15) is 0 Å². The van der Waals surface area contributed by atoms with Crippen LogP contribution in [0, 0.1) is 0 Å². The predicted molar refractivity (Wildman–Crippen MR) is 82.5 cm³/mol. The molecule has 0 saturated carbocycles. The molecular weight excluding hydrogens is 308 g/mol. The van der Waals surface area contributed by atoms with Crippen LogP contribution in [0.4, 0.5) is 4.79 Å². The molecule has 0 radical (unpaired) electrons. The smallest absolute Gasteiger partial charge is 0.335 e. The Morgan fingerprint density at radius 2 is 1.82 bits per heavy atom. The highest BCUT2D eigenvalue weighted by molar-refractivity contribution is 7.91. The maximum Gasteiger partial charge on any atom is 0.335 e. The van der Waals surface area contributed by atoms with Crippen LogP contribution < -0.4 is 10.6 Å². The number of amides is 2. The van der Waals surface area contributed by atoms with Crippen LogP contribution in [0.5, 0.6) is 0 Å². The largest absolute Gasteiger partial charge is 0.478 e. The van der Waals surface area contributed by atoms with Crippen molar-refractivity contribution in [3.05, 3.63) is 48.0 Å². The Balaban J connectivity index is 2.34. The number of carboxylic acids is 1. The number of carboxylic acid groups (broad SMARTS) is 1. The number of nitrogens with one attached hydrogen (secondary N) is 2. The molecular formula is C14H18N2O5S. The van der Waals surface area contributed by atoms with Crippen molar-refractivity contribution in [1.82, 2.24) is 10.6 Å². The second-order valence-corrected chi connectivity index (χ2v) is 6.74. The topological polar surface area (TPSA) is 113 Å². The van der Waals surface area contributed by atoms with E-state index in [4.69, 9.17) is 5.11 Å². The van der Waals surface area contributed by atoms with Gasteiger partial charge < -0.3 is 15.7 Å². The molecule has 0 aliphatic carbocycles. The summed E-state index contributed by atoms with van der Waals surface area (Å²) in [7, 11) is -3.22. The molecule has 120 valence electrons. The zero-order valence-electron chi connectivity index (χ0n) is 11.9. The number of urea groups is 1. The van der Waals surface area contributed by atoms with E-state index in [1.165, 1.54) is 18.2 Å². The maximum atomic E-state index is 11.5. The van der Waals surface area contributed by atoms with Gasteiger partial charge in [0.05, 0.1) is 17.1 Å². The van der Waals surface area contributed by atoms with Gasteiger partial charge >= 0.3 is 12.0 Å². The van der Waals surface area contributed by atoms with E-state index in [-0.39, 0.29) is 30.2 Å². The first-order chi connectivity index (χ1) is 10.3. The molecule has 0 aliphatic rings. The van der Waals surface area contributed by atoms with Crippen molar-refractivity contribution in [1.29, 1.82) is 0 Å². The van der Waals surface area contributed by atoms with Gasteiger partial charge in [0.15, 0.2) is 9.84 Å². The van der Waals surface area contributed by atoms with Gasteiger partial charge in [0.2, 0.25) is 0 Å². The van der Waals surface area contributed by atoms with E-state index in [2.05, 4.69) is 17.2 Å². The summed E-state index contributed by atoms with van der Waals surface area (Å²) in [6.07, 6.45) is 1.30. The van der Waals surface area contributed by atoms with Crippen molar-refractivity contribution in [3.63, 3.8) is 0 Å². The SMILES string of the molecule is C=CCS(=O)(=O)CCNC(=O)NCc1ccc(C(=O)O)cc1. The van der Waals surface area contributed by atoms with Crippen molar-refractivity contribution < 1.29 is 23.1 Å². The van der Waals surface area contributed by atoms with E-state index in [1.54, 1.807) is 12.1 Å². The fourth-order valence-electron chi connectivity index (χ4n) is 1.59. The van der Waals surface area contributed by atoms with Crippen LogP contribution in [-0.2, 0) is 16.4 Å². The van der Waals surface area contributed by atoms with E-state index in [0.717, 1.165) is 5.56 Å². The Kier molecular flexibility index (Phi) is 6.58. The number of rotatable bonds is 8. The third kappa shape index (κ3) is 6.40. The second-order valence-electron chi connectivity index (χ2n) is 4.51. The summed E-state index contributed by atoms with van der Waals surface area (Å²) in [6, 6.07) is 5.59. The molecule has 0 spiro atoms. The van der Waals surface area contributed by atoms with E-state index >= 15 is 0 Å². The highest BCUT2D eigenvalue weighted by atomic mass is 32.2. The fraction of sp³-hybridized carbons (Fsp3) is 0.286. The molecule has 0 heterocycles. The predicted octanol–water partition coefficient (Wildman–Crippen LogP) is 0.785. The van der Waals surface area contributed by atoms with E-state index < -0.39 is 21.8 Å². The Labute approximate surface area is 129 Å². The number of carbonyl (C=O) groups excluding carboxylic acids is 1. The lowest BCUT2D eigenvalue weighted by Gasteiger charge is -2.08. The molecule has 0 aliphatic heterocycles. The molecule has 0 aromatic heterocycles. The number of sulfone groups is 1. The lowest BCUT2D eigenvalue weighted by atomic mass is 10.1. The Morgan fingerprint density at radius 3 is 2.36 bits per heavy atom. The number of aromatic carboxylic acids is 1. The number of hydrogen-bond donors (Lipinski definition) is 3. The summed E-state index contributed by atoms with van der Waals surface area (Å²) in [5.41, 5.74) is 0.903. The molecule has 22 heavy (non-hydrogen) atoms. The van der Waals surface area contributed by atoms with Gasteiger partial charge in [0, 0.05) is 13.1 Å². The van der Waals surface area contributed by atoms with Gasteiger partial charge in [-0.3, -0.25) is 0 Å². The number of benzene rings is 1. The molecule has 0 atom stereocenters. The summed E-state index contributed by atoms with van der Waals surface area (Å²) in [4.78, 5) is 22.2. The minimum Gasteiger partial charge on any atom is -0.478 e.